The molecule has 0 bridgehead atoms. The predicted molar refractivity (Wildman–Crippen MR) is 76.4 cm³/mol. The van der Waals surface area contributed by atoms with E-state index in [2.05, 4.69) is 11.8 Å². The second-order valence-corrected chi connectivity index (χ2v) is 5.35. The monoisotopic (exact) mass is 261 g/mol. The first-order valence-electron chi connectivity index (χ1n) is 7.12. The molecule has 3 heteroatoms. The molecule has 0 amide bonds. The Bertz CT molecular complexity index is 428. The molecule has 19 heavy (non-hydrogen) atoms. The summed E-state index contributed by atoms with van der Waals surface area (Å²) in [4.78, 5) is 14.6. The summed E-state index contributed by atoms with van der Waals surface area (Å²) in [5, 5.41) is 0. The first kappa shape index (κ1) is 14.1. The zero-order valence-corrected chi connectivity index (χ0v) is 12.1. The minimum absolute atomic E-state index is 0.0572. The smallest absolute Gasteiger partial charge is 0.314 e. The van der Waals surface area contributed by atoms with Crippen LogP contribution in [0.5, 0.6) is 5.75 Å². The van der Waals surface area contributed by atoms with Crippen LogP contribution in [0.15, 0.2) is 18.2 Å². The quantitative estimate of drug-likeness (QED) is 0.619. The normalized spacial score (nSPS) is 17.4. The van der Waals surface area contributed by atoms with Crippen LogP contribution in [0, 0.1) is 19.8 Å². The molecule has 0 spiro atoms. The van der Waals surface area contributed by atoms with E-state index in [0.717, 1.165) is 49.4 Å². The summed E-state index contributed by atoms with van der Waals surface area (Å²) >= 11 is 0. The van der Waals surface area contributed by atoms with E-state index in [-0.39, 0.29) is 11.9 Å². The van der Waals surface area contributed by atoms with E-state index in [9.17, 15) is 4.79 Å². The predicted octanol–water partition coefficient (Wildman–Crippen LogP) is 2.94. The van der Waals surface area contributed by atoms with E-state index in [0.29, 0.717) is 0 Å². The number of para-hydroxylation sites is 1. The number of ether oxygens (including phenoxy) is 1. The lowest BCUT2D eigenvalue weighted by molar-refractivity contribution is -0.140. The number of hydrogen-bond acceptors (Lipinski definition) is 3. The van der Waals surface area contributed by atoms with Crippen molar-refractivity contribution in [1.82, 2.24) is 4.90 Å². The van der Waals surface area contributed by atoms with Crippen LogP contribution in [-0.4, -0.2) is 30.5 Å². The molecular formula is C16H23NO2. The molecule has 0 aromatic heterocycles. The summed E-state index contributed by atoms with van der Waals surface area (Å²) in [7, 11) is 0. The molecule has 1 heterocycles. The fourth-order valence-corrected chi connectivity index (χ4v) is 2.63. The minimum Gasteiger partial charge on any atom is -0.426 e. The van der Waals surface area contributed by atoms with Gasteiger partial charge in [0.2, 0.25) is 0 Å². The van der Waals surface area contributed by atoms with Gasteiger partial charge in [-0.05, 0) is 57.5 Å². The number of benzene rings is 1. The third-order valence-electron chi connectivity index (χ3n) is 3.98. The maximum atomic E-state index is 12.2. The van der Waals surface area contributed by atoms with E-state index in [4.69, 9.17) is 4.74 Å². The first-order valence-corrected chi connectivity index (χ1v) is 7.12. The van der Waals surface area contributed by atoms with Crippen LogP contribution in [0.2, 0.25) is 0 Å². The number of piperidine rings is 1. The van der Waals surface area contributed by atoms with Gasteiger partial charge in [-0.25, -0.2) is 0 Å². The maximum Gasteiger partial charge on any atom is 0.314 e. The Morgan fingerprint density at radius 2 is 1.84 bits per heavy atom. The zero-order valence-electron chi connectivity index (χ0n) is 12.1. The Kier molecular flexibility index (Phi) is 4.59. The van der Waals surface area contributed by atoms with Crippen molar-refractivity contribution in [3.8, 4) is 5.75 Å². The second kappa shape index (κ2) is 6.20. The van der Waals surface area contributed by atoms with Crippen molar-refractivity contribution in [2.24, 2.45) is 5.92 Å². The third kappa shape index (κ3) is 3.35. The molecule has 0 radical (unpaired) electrons. The molecule has 0 aliphatic carbocycles. The van der Waals surface area contributed by atoms with E-state index in [1.807, 2.05) is 32.0 Å². The molecule has 3 nitrogen and oxygen atoms in total. The summed E-state index contributed by atoms with van der Waals surface area (Å²) in [5.74, 6) is 0.736. The van der Waals surface area contributed by atoms with E-state index in [1.165, 1.54) is 0 Å². The van der Waals surface area contributed by atoms with Gasteiger partial charge < -0.3 is 9.64 Å². The van der Waals surface area contributed by atoms with Gasteiger partial charge in [0, 0.05) is 0 Å². The first-order chi connectivity index (χ1) is 9.11. The van der Waals surface area contributed by atoms with Crippen molar-refractivity contribution in [1.29, 1.82) is 0 Å². The van der Waals surface area contributed by atoms with Gasteiger partial charge in [-0.2, -0.15) is 0 Å². The lowest BCUT2D eigenvalue weighted by Gasteiger charge is -2.29. The molecule has 0 unspecified atom stereocenters. The lowest BCUT2D eigenvalue weighted by atomic mass is 9.97. The van der Waals surface area contributed by atoms with Crippen LogP contribution in [0.25, 0.3) is 0 Å². The van der Waals surface area contributed by atoms with Crippen LogP contribution in [0.3, 0.4) is 0 Å². The number of rotatable bonds is 3. The Morgan fingerprint density at radius 1 is 1.26 bits per heavy atom. The molecule has 1 aromatic rings. The summed E-state index contributed by atoms with van der Waals surface area (Å²) in [5.41, 5.74) is 2.05. The van der Waals surface area contributed by atoms with Gasteiger partial charge in [-0.1, -0.05) is 25.1 Å². The highest BCUT2D eigenvalue weighted by atomic mass is 16.5. The number of likely N-dealkylation sites (tertiary alicyclic amines) is 1. The topological polar surface area (TPSA) is 29.5 Å². The molecule has 1 aliphatic heterocycles. The van der Waals surface area contributed by atoms with Crippen molar-refractivity contribution in [2.75, 3.05) is 19.6 Å². The zero-order chi connectivity index (χ0) is 13.8. The average Bonchev–Trinajstić information content (AvgIpc) is 2.43. The second-order valence-electron chi connectivity index (χ2n) is 5.35. The number of aryl methyl sites for hydroxylation is 2. The van der Waals surface area contributed by atoms with Gasteiger partial charge in [0.15, 0.2) is 0 Å². The number of hydrogen-bond donors (Lipinski definition) is 0. The molecule has 2 rings (SSSR count). The number of esters is 1. The van der Waals surface area contributed by atoms with E-state index < -0.39 is 0 Å². The van der Waals surface area contributed by atoms with Crippen molar-refractivity contribution < 1.29 is 9.53 Å². The molecule has 1 fully saturated rings. The Balaban J connectivity index is 1.98. The van der Waals surface area contributed by atoms with Crippen molar-refractivity contribution in [2.45, 2.75) is 33.6 Å². The number of carbonyl (C=O) groups excluding carboxylic acids is 1. The van der Waals surface area contributed by atoms with Gasteiger partial charge in [-0.3, -0.25) is 4.79 Å². The Morgan fingerprint density at radius 3 is 2.37 bits per heavy atom. The van der Waals surface area contributed by atoms with Gasteiger partial charge in [0.1, 0.15) is 5.75 Å². The molecule has 104 valence electrons. The van der Waals surface area contributed by atoms with Crippen LogP contribution < -0.4 is 4.74 Å². The van der Waals surface area contributed by atoms with Gasteiger partial charge in [0.25, 0.3) is 0 Å². The molecule has 1 aromatic carbocycles. The molecule has 0 saturated carbocycles. The van der Waals surface area contributed by atoms with Crippen molar-refractivity contribution >= 4 is 5.97 Å². The fraction of sp³-hybridized carbons (Fsp3) is 0.562. The summed E-state index contributed by atoms with van der Waals surface area (Å²) in [6, 6.07) is 5.95. The highest BCUT2D eigenvalue weighted by Crippen LogP contribution is 2.25. The molecule has 1 saturated heterocycles. The van der Waals surface area contributed by atoms with E-state index >= 15 is 0 Å². The number of nitrogens with zero attached hydrogens (tertiary/aromatic N) is 1. The molecule has 0 atom stereocenters. The minimum atomic E-state index is -0.0619. The van der Waals surface area contributed by atoms with Crippen LogP contribution in [0.1, 0.15) is 30.9 Å². The van der Waals surface area contributed by atoms with Gasteiger partial charge >= 0.3 is 5.97 Å². The standard InChI is InChI=1S/C16H23NO2/c1-4-17-10-8-14(9-11-17)16(18)19-15-12(2)6-5-7-13(15)3/h5-7,14H,4,8-11H2,1-3H3. The van der Waals surface area contributed by atoms with Crippen molar-refractivity contribution in [3.05, 3.63) is 29.3 Å². The molecular weight excluding hydrogens is 238 g/mol. The number of carbonyl (C=O) groups is 1. The summed E-state index contributed by atoms with van der Waals surface area (Å²) < 4.78 is 5.63. The highest BCUT2D eigenvalue weighted by Gasteiger charge is 2.26. The van der Waals surface area contributed by atoms with Gasteiger partial charge in [-0.15, -0.1) is 0 Å². The highest BCUT2D eigenvalue weighted by molar-refractivity contribution is 5.76. The van der Waals surface area contributed by atoms with Crippen LogP contribution in [0.4, 0.5) is 0 Å². The summed E-state index contributed by atoms with van der Waals surface area (Å²) in [6.45, 7) is 9.20. The average molecular weight is 261 g/mol. The van der Waals surface area contributed by atoms with Crippen LogP contribution >= 0.6 is 0 Å². The van der Waals surface area contributed by atoms with Crippen molar-refractivity contribution in [3.63, 3.8) is 0 Å². The SMILES string of the molecule is CCN1CCC(C(=O)Oc2c(C)cccc2C)CC1. The Hall–Kier alpha value is -1.35. The Labute approximate surface area is 115 Å². The van der Waals surface area contributed by atoms with E-state index in [1.54, 1.807) is 0 Å². The molecule has 1 aliphatic rings. The maximum absolute atomic E-state index is 12.2. The summed E-state index contributed by atoms with van der Waals surface area (Å²) in [6.07, 6.45) is 1.83. The van der Waals surface area contributed by atoms with Crippen LogP contribution in [-0.2, 0) is 4.79 Å². The fourth-order valence-electron chi connectivity index (χ4n) is 2.63. The third-order valence-corrected chi connectivity index (χ3v) is 3.98. The van der Waals surface area contributed by atoms with Gasteiger partial charge in [0.05, 0.1) is 5.92 Å². The molecule has 0 N–H and O–H groups in total. The lowest BCUT2D eigenvalue weighted by Crippen LogP contribution is -2.37. The largest absolute Gasteiger partial charge is 0.426 e.